The molecular weight excluding hydrogens is 212 g/mol. The van der Waals surface area contributed by atoms with Crippen molar-refractivity contribution in [3.8, 4) is 0 Å². The first-order valence-electron chi connectivity index (χ1n) is 4.33. The molecule has 14 heavy (non-hydrogen) atoms. The molecule has 0 N–H and O–H groups in total. The van der Waals surface area contributed by atoms with Crippen LogP contribution in [0.5, 0.6) is 0 Å². The smallest absolute Gasteiger partial charge is 0.212 e. The molecule has 0 fully saturated rings. The molecule has 0 saturated heterocycles. The Morgan fingerprint density at radius 1 is 1.21 bits per heavy atom. The first kappa shape index (κ1) is 9.62. The predicted octanol–water partition coefficient (Wildman–Crippen LogP) is 3.66. The summed E-state index contributed by atoms with van der Waals surface area (Å²) in [5, 5.41) is 2.01. The van der Waals surface area contributed by atoms with Crippen molar-refractivity contribution in [2.24, 2.45) is 0 Å². The number of carbonyl (C=O) groups excluding carboxylic acids is 1. The Labute approximate surface area is 91.0 Å². The summed E-state index contributed by atoms with van der Waals surface area (Å²) in [4.78, 5) is 14.8. The van der Waals surface area contributed by atoms with Gasteiger partial charge in [-0.25, -0.2) is 0 Å². The lowest BCUT2D eigenvalue weighted by atomic mass is 10.2. The van der Waals surface area contributed by atoms with Crippen molar-refractivity contribution >= 4 is 28.5 Å². The molecule has 0 bridgehead atoms. The van der Waals surface area contributed by atoms with Gasteiger partial charge < -0.3 is 0 Å². The van der Waals surface area contributed by atoms with Crippen LogP contribution in [0, 0.1) is 13.8 Å². The normalized spacial score (nSPS) is 10.4. The van der Waals surface area contributed by atoms with Crippen LogP contribution in [0.3, 0.4) is 0 Å². The maximum Gasteiger partial charge on any atom is 0.212 e. The molecular formula is C11H10OS2. The van der Waals surface area contributed by atoms with Crippen LogP contribution in [0.2, 0.25) is 0 Å². The van der Waals surface area contributed by atoms with E-state index in [0.29, 0.717) is 0 Å². The van der Waals surface area contributed by atoms with Crippen molar-refractivity contribution in [1.29, 1.82) is 0 Å². The number of ketones is 1. The third-order valence-electron chi connectivity index (χ3n) is 1.92. The summed E-state index contributed by atoms with van der Waals surface area (Å²) < 4.78 is 0. The molecule has 2 aromatic heterocycles. The zero-order chi connectivity index (χ0) is 10.1. The van der Waals surface area contributed by atoms with E-state index in [4.69, 9.17) is 0 Å². The van der Waals surface area contributed by atoms with Gasteiger partial charge in [0.1, 0.15) is 0 Å². The van der Waals surface area contributed by atoms with E-state index in [0.717, 1.165) is 15.3 Å². The van der Waals surface area contributed by atoms with Gasteiger partial charge in [0, 0.05) is 4.88 Å². The Bertz CT molecular complexity index is 423. The molecule has 0 aromatic carbocycles. The summed E-state index contributed by atoms with van der Waals surface area (Å²) in [7, 11) is 0. The van der Waals surface area contributed by atoms with Crippen LogP contribution in [0.15, 0.2) is 23.6 Å². The lowest BCUT2D eigenvalue weighted by molar-refractivity contribution is 0.104. The molecule has 0 spiro atoms. The summed E-state index contributed by atoms with van der Waals surface area (Å²) in [6, 6.07) is 5.83. The monoisotopic (exact) mass is 222 g/mol. The van der Waals surface area contributed by atoms with Gasteiger partial charge in [-0.15, -0.1) is 22.7 Å². The van der Waals surface area contributed by atoms with E-state index in [-0.39, 0.29) is 5.78 Å². The van der Waals surface area contributed by atoms with Gasteiger partial charge in [0.15, 0.2) is 0 Å². The van der Waals surface area contributed by atoms with Crippen LogP contribution in [-0.4, -0.2) is 5.78 Å². The highest BCUT2D eigenvalue weighted by Crippen LogP contribution is 2.22. The van der Waals surface area contributed by atoms with Crippen LogP contribution in [0.1, 0.15) is 25.0 Å². The Balaban J connectivity index is 2.33. The van der Waals surface area contributed by atoms with Crippen LogP contribution in [0.4, 0.5) is 0 Å². The topological polar surface area (TPSA) is 17.1 Å². The average molecular weight is 222 g/mol. The van der Waals surface area contributed by atoms with Gasteiger partial charge in [-0.1, -0.05) is 0 Å². The number of rotatable bonds is 2. The van der Waals surface area contributed by atoms with Crippen LogP contribution in [0.25, 0.3) is 0 Å². The minimum atomic E-state index is 0.154. The van der Waals surface area contributed by atoms with Gasteiger partial charge >= 0.3 is 0 Å². The third-order valence-corrected chi connectivity index (χ3v) is 3.96. The second kappa shape index (κ2) is 3.67. The summed E-state index contributed by atoms with van der Waals surface area (Å²) >= 11 is 3.08. The first-order chi connectivity index (χ1) is 6.66. The molecule has 1 nitrogen and oxygen atoms in total. The highest BCUT2D eigenvalue weighted by Gasteiger charge is 2.12. The highest BCUT2D eigenvalue weighted by atomic mass is 32.1. The lowest BCUT2D eigenvalue weighted by Gasteiger charge is -1.90. The molecule has 0 radical (unpaired) electrons. The van der Waals surface area contributed by atoms with E-state index in [1.54, 1.807) is 11.3 Å². The van der Waals surface area contributed by atoms with Crippen molar-refractivity contribution < 1.29 is 4.79 Å². The van der Waals surface area contributed by atoms with E-state index >= 15 is 0 Å². The Morgan fingerprint density at radius 3 is 2.50 bits per heavy atom. The number of aryl methyl sites for hydroxylation is 2. The number of hydrogen-bond acceptors (Lipinski definition) is 3. The third kappa shape index (κ3) is 1.79. The molecule has 0 atom stereocenters. The quantitative estimate of drug-likeness (QED) is 0.709. The second-order valence-corrected chi connectivity index (χ2v) is 5.43. The Morgan fingerprint density at radius 2 is 2.00 bits per heavy atom. The Kier molecular flexibility index (Phi) is 2.52. The largest absolute Gasteiger partial charge is 0.287 e. The summed E-state index contributed by atoms with van der Waals surface area (Å²) in [6.45, 7) is 4.02. The number of carbonyl (C=O) groups is 1. The molecule has 2 rings (SSSR count). The van der Waals surface area contributed by atoms with Crippen molar-refractivity contribution in [2.75, 3.05) is 0 Å². The molecule has 0 aliphatic heterocycles. The summed E-state index contributed by atoms with van der Waals surface area (Å²) in [5.41, 5.74) is 1.16. The molecule has 0 aliphatic rings. The van der Waals surface area contributed by atoms with Crippen LogP contribution < -0.4 is 0 Å². The van der Waals surface area contributed by atoms with Gasteiger partial charge in [-0.3, -0.25) is 4.79 Å². The Hall–Kier alpha value is -0.930. The van der Waals surface area contributed by atoms with Gasteiger partial charge in [-0.05, 0) is 43.0 Å². The molecule has 2 aromatic rings. The van der Waals surface area contributed by atoms with E-state index in [1.165, 1.54) is 16.2 Å². The maximum atomic E-state index is 11.9. The fourth-order valence-electron chi connectivity index (χ4n) is 1.23. The van der Waals surface area contributed by atoms with Crippen molar-refractivity contribution in [1.82, 2.24) is 0 Å². The van der Waals surface area contributed by atoms with E-state index < -0.39 is 0 Å². The van der Waals surface area contributed by atoms with Gasteiger partial charge in [0.2, 0.25) is 5.78 Å². The maximum absolute atomic E-state index is 11.9. The van der Waals surface area contributed by atoms with Crippen molar-refractivity contribution in [2.45, 2.75) is 13.8 Å². The van der Waals surface area contributed by atoms with Crippen molar-refractivity contribution in [3.05, 3.63) is 43.8 Å². The molecule has 0 amide bonds. The van der Waals surface area contributed by atoms with Gasteiger partial charge in [0.05, 0.1) is 9.75 Å². The average Bonchev–Trinajstić information content (AvgIpc) is 2.73. The molecule has 72 valence electrons. The lowest BCUT2D eigenvalue weighted by Crippen LogP contribution is -1.93. The first-order valence-corrected chi connectivity index (χ1v) is 6.03. The van der Waals surface area contributed by atoms with E-state index in [2.05, 4.69) is 0 Å². The SMILES string of the molecule is Cc1csc(C(=O)c2ccc(C)s2)c1. The van der Waals surface area contributed by atoms with Crippen LogP contribution in [-0.2, 0) is 0 Å². The molecule has 0 aliphatic carbocycles. The minimum Gasteiger partial charge on any atom is -0.287 e. The number of thiophene rings is 2. The fourth-order valence-corrected chi connectivity index (χ4v) is 2.97. The van der Waals surface area contributed by atoms with Crippen LogP contribution >= 0.6 is 22.7 Å². The van der Waals surface area contributed by atoms with E-state index in [1.807, 2.05) is 37.4 Å². The second-order valence-electron chi connectivity index (χ2n) is 3.23. The zero-order valence-corrected chi connectivity index (χ0v) is 9.67. The fraction of sp³-hybridized carbons (Fsp3) is 0.182. The highest BCUT2D eigenvalue weighted by molar-refractivity contribution is 7.16. The van der Waals surface area contributed by atoms with Gasteiger partial charge in [0.25, 0.3) is 0 Å². The zero-order valence-electron chi connectivity index (χ0n) is 8.03. The van der Waals surface area contributed by atoms with Gasteiger partial charge in [-0.2, -0.15) is 0 Å². The summed E-state index contributed by atoms with van der Waals surface area (Å²) in [5.74, 6) is 0.154. The minimum absolute atomic E-state index is 0.154. The summed E-state index contributed by atoms with van der Waals surface area (Å²) in [6.07, 6.45) is 0. The molecule has 0 unspecified atom stereocenters. The number of hydrogen-bond donors (Lipinski definition) is 0. The standard InChI is InChI=1S/C11H10OS2/c1-7-5-10(13-6-7)11(12)9-4-3-8(2)14-9/h3-6H,1-2H3. The molecule has 0 saturated carbocycles. The molecule has 2 heterocycles. The van der Waals surface area contributed by atoms with Crippen molar-refractivity contribution in [3.63, 3.8) is 0 Å². The van der Waals surface area contributed by atoms with E-state index in [9.17, 15) is 4.79 Å². The molecule has 3 heteroatoms. The predicted molar refractivity (Wildman–Crippen MR) is 61.5 cm³/mol.